The maximum absolute atomic E-state index is 11.1. The van der Waals surface area contributed by atoms with Gasteiger partial charge < -0.3 is 15.6 Å². The summed E-state index contributed by atoms with van der Waals surface area (Å²) in [5, 5.41) is 13.4. The number of aliphatic carboxylic acids is 1. The van der Waals surface area contributed by atoms with Crippen molar-refractivity contribution in [2.24, 2.45) is 0 Å². The van der Waals surface area contributed by atoms with Gasteiger partial charge in [-0.25, -0.2) is 0 Å². The lowest BCUT2D eigenvalue weighted by molar-refractivity contribution is -0.139. The minimum Gasteiger partial charge on any atom is -0.480 e. The second-order valence-electron chi connectivity index (χ2n) is 4.55. The molecule has 96 valence electrons. The summed E-state index contributed by atoms with van der Waals surface area (Å²) >= 11 is 0. The molecule has 2 heterocycles. The van der Waals surface area contributed by atoms with E-state index in [4.69, 9.17) is 5.11 Å². The number of nitrogens with one attached hydrogen (secondary N) is 2. The van der Waals surface area contributed by atoms with Crippen molar-refractivity contribution in [3.05, 3.63) is 35.5 Å². The van der Waals surface area contributed by atoms with Gasteiger partial charge in [0, 0.05) is 29.1 Å². The van der Waals surface area contributed by atoms with Crippen LogP contribution in [0.25, 0.3) is 10.9 Å². The Morgan fingerprint density at radius 2 is 2.11 bits per heavy atom. The average Bonchev–Trinajstić information content (AvgIpc) is 2.68. The Morgan fingerprint density at radius 3 is 2.83 bits per heavy atom. The molecule has 1 aliphatic rings. The number of para-hydroxylation sites is 1. The van der Waals surface area contributed by atoms with E-state index in [1.165, 1.54) is 0 Å². The lowest BCUT2D eigenvalue weighted by Crippen LogP contribution is -2.43. The first kappa shape index (κ1) is 12.6. The topological polar surface area (TPSA) is 96.6 Å². The van der Waals surface area contributed by atoms with Crippen molar-refractivity contribution in [2.45, 2.75) is 25.4 Å². The van der Waals surface area contributed by atoms with Crippen molar-refractivity contribution in [1.82, 2.24) is 10.3 Å². The summed E-state index contributed by atoms with van der Waals surface area (Å²) in [5.41, 5.74) is 3.33. The summed E-state index contributed by atoms with van der Waals surface area (Å²) in [4.78, 5) is 14.5. The fourth-order valence-electron chi connectivity index (χ4n) is 2.62. The monoisotopic (exact) mass is 248 g/mol. The Labute approximate surface area is 104 Å². The molecule has 1 aromatic carbocycles. The molecular weight excluding hydrogens is 232 g/mol. The second kappa shape index (κ2) is 4.44. The average molecular weight is 248 g/mol. The van der Waals surface area contributed by atoms with Gasteiger partial charge in [-0.15, -0.1) is 0 Å². The van der Waals surface area contributed by atoms with Crippen LogP contribution in [0.5, 0.6) is 0 Å². The van der Waals surface area contributed by atoms with Crippen molar-refractivity contribution in [3.63, 3.8) is 0 Å². The highest BCUT2D eigenvalue weighted by Crippen LogP contribution is 2.31. The Morgan fingerprint density at radius 1 is 1.39 bits per heavy atom. The van der Waals surface area contributed by atoms with Gasteiger partial charge in [0.25, 0.3) is 0 Å². The van der Waals surface area contributed by atoms with E-state index in [1.54, 1.807) is 0 Å². The molecule has 5 heteroatoms. The van der Waals surface area contributed by atoms with E-state index in [0.29, 0.717) is 6.42 Å². The Kier molecular flexibility index (Phi) is 3.11. The SMILES string of the molecule is CC1NC(C(=O)O)Cc2c1[nH]c1ccccc21.O. The Hall–Kier alpha value is -1.85. The molecule has 0 aliphatic carbocycles. The van der Waals surface area contributed by atoms with Crippen molar-refractivity contribution in [3.8, 4) is 0 Å². The fourth-order valence-corrected chi connectivity index (χ4v) is 2.62. The zero-order valence-corrected chi connectivity index (χ0v) is 10.0. The van der Waals surface area contributed by atoms with E-state index >= 15 is 0 Å². The van der Waals surface area contributed by atoms with E-state index in [-0.39, 0.29) is 11.5 Å². The number of carboxylic acid groups (broad SMARTS) is 1. The predicted octanol–water partition coefficient (Wildman–Crippen LogP) is 1.00. The van der Waals surface area contributed by atoms with Crippen LogP contribution < -0.4 is 5.32 Å². The van der Waals surface area contributed by atoms with E-state index in [2.05, 4.69) is 10.3 Å². The Balaban J connectivity index is 0.00000120. The van der Waals surface area contributed by atoms with E-state index in [1.807, 2.05) is 31.2 Å². The summed E-state index contributed by atoms with van der Waals surface area (Å²) in [6.45, 7) is 1.99. The summed E-state index contributed by atoms with van der Waals surface area (Å²) in [7, 11) is 0. The number of rotatable bonds is 1. The van der Waals surface area contributed by atoms with Crippen LogP contribution in [0.2, 0.25) is 0 Å². The highest BCUT2D eigenvalue weighted by molar-refractivity contribution is 5.86. The number of carboxylic acids is 1. The number of H-pyrrole nitrogens is 1. The molecule has 0 saturated heterocycles. The molecule has 1 aromatic heterocycles. The third-order valence-corrected chi connectivity index (χ3v) is 3.44. The zero-order valence-electron chi connectivity index (χ0n) is 10.0. The van der Waals surface area contributed by atoms with Crippen LogP contribution in [0.3, 0.4) is 0 Å². The van der Waals surface area contributed by atoms with Crippen LogP contribution in [0, 0.1) is 0 Å². The van der Waals surface area contributed by atoms with Gasteiger partial charge in [-0.2, -0.15) is 0 Å². The standard InChI is InChI=1S/C13H14N2O2.H2O/c1-7-12-9(6-11(14-7)13(16)17)8-4-2-3-5-10(8)15-12;/h2-5,7,11,14-15H,6H2,1H3,(H,16,17);1H2. The van der Waals surface area contributed by atoms with Crippen LogP contribution in [-0.4, -0.2) is 27.6 Å². The molecule has 2 aromatic rings. The molecule has 0 fully saturated rings. The highest BCUT2D eigenvalue weighted by atomic mass is 16.4. The van der Waals surface area contributed by atoms with E-state index in [9.17, 15) is 4.79 Å². The second-order valence-corrected chi connectivity index (χ2v) is 4.55. The normalized spacial score (nSPS) is 22.3. The summed E-state index contributed by atoms with van der Waals surface area (Å²) in [6, 6.07) is 7.59. The van der Waals surface area contributed by atoms with Crippen LogP contribution in [0.15, 0.2) is 24.3 Å². The molecule has 5 N–H and O–H groups in total. The number of hydrogen-bond acceptors (Lipinski definition) is 2. The summed E-state index contributed by atoms with van der Waals surface area (Å²) < 4.78 is 0. The number of aromatic nitrogens is 1. The quantitative estimate of drug-likeness (QED) is 0.702. The third kappa shape index (κ3) is 1.77. The van der Waals surface area contributed by atoms with Gasteiger partial charge in [0.2, 0.25) is 0 Å². The van der Waals surface area contributed by atoms with Gasteiger partial charge in [-0.05, 0) is 18.6 Å². The van der Waals surface area contributed by atoms with Gasteiger partial charge in [0.1, 0.15) is 6.04 Å². The largest absolute Gasteiger partial charge is 0.480 e. The smallest absolute Gasteiger partial charge is 0.321 e. The van der Waals surface area contributed by atoms with Crippen LogP contribution in [0.4, 0.5) is 0 Å². The molecule has 0 spiro atoms. The van der Waals surface area contributed by atoms with Crippen molar-refractivity contribution in [1.29, 1.82) is 0 Å². The molecule has 0 bridgehead atoms. The molecule has 3 rings (SSSR count). The maximum Gasteiger partial charge on any atom is 0.321 e. The molecule has 0 saturated carbocycles. The first-order chi connectivity index (χ1) is 8.16. The Bertz CT molecular complexity index is 591. The van der Waals surface area contributed by atoms with Crippen molar-refractivity contribution >= 4 is 16.9 Å². The van der Waals surface area contributed by atoms with Gasteiger partial charge >= 0.3 is 5.97 Å². The number of hydrogen-bond donors (Lipinski definition) is 3. The van der Waals surface area contributed by atoms with Crippen molar-refractivity contribution in [2.75, 3.05) is 0 Å². The van der Waals surface area contributed by atoms with Gasteiger partial charge in [-0.1, -0.05) is 18.2 Å². The summed E-state index contributed by atoms with van der Waals surface area (Å²) in [5.74, 6) is -0.784. The van der Waals surface area contributed by atoms with Crippen molar-refractivity contribution < 1.29 is 15.4 Å². The summed E-state index contributed by atoms with van der Waals surface area (Å²) in [6.07, 6.45) is 0.541. The van der Waals surface area contributed by atoms with Crippen LogP contribution in [0.1, 0.15) is 24.2 Å². The first-order valence-electron chi connectivity index (χ1n) is 5.75. The molecule has 1 aliphatic heterocycles. The molecule has 0 amide bonds. The van der Waals surface area contributed by atoms with E-state index in [0.717, 1.165) is 22.2 Å². The molecule has 18 heavy (non-hydrogen) atoms. The number of fused-ring (bicyclic) bond motifs is 3. The first-order valence-corrected chi connectivity index (χ1v) is 5.75. The van der Waals surface area contributed by atoms with Gasteiger partial charge in [-0.3, -0.25) is 10.1 Å². The highest BCUT2D eigenvalue weighted by Gasteiger charge is 2.30. The number of benzene rings is 1. The predicted molar refractivity (Wildman–Crippen MR) is 68.6 cm³/mol. The molecular formula is C13H16N2O3. The van der Waals surface area contributed by atoms with Crippen LogP contribution in [-0.2, 0) is 11.2 Å². The zero-order chi connectivity index (χ0) is 12.0. The lowest BCUT2D eigenvalue weighted by atomic mass is 9.95. The fraction of sp³-hybridized carbons (Fsp3) is 0.308. The molecule has 2 unspecified atom stereocenters. The van der Waals surface area contributed by atoms with Crippen LogP contribution >= 0.6 is 0 Å². The minimum atomic E-state index is -0.784. The molecule has 5 nitrogen and oxygen atoms in total. The third-order valence-electron chi connectivity index (χ3n) is 3.44. The molecule has 0 radical (unpaired) electrons. The van der Waals surface area contributed by atoms with E-state index < -0.39 is 12.0 Å². The van der Waals surface area contributed by atoms with Gasteiger partial charge in [0.05, 0.1) is 0 Å². The van der Waals surface area contributed by atoms with Gasteiger partial charge in [0.15, 0.2) is 0 Å². The number of carbonyl (C=O) groups is 1. The molecule has 2 atom stereocenters. The lowest BCUT2D eigenvalue weighted by Gasteiger charge is -2.26. The maximum atomic E-state index is 11.1. The number of aromatic amines is 1. The minimum absolute atomic E-state index is 0.